The molecule has 0 unspecified atom stereocenters. The van der Waals surface area contributed by atoms with Crippen molar-refractivity contribution in [3.05, 3.63) is 70.5 Å². The normalized spacial score (nSPS) is 11.9. The number of hydrogen-bond donors (Lipinski definition) is 1. The second-order valence-electron chi connectivity index (χ2n) is 5.79. The van der Waals surface area contributed by atoms with Crippen LogP contribution >= 0.6 is 0 Å². The third kappa shape index (κ3) is 5.13. The van der Waals surface area contributed by atoms with Gasteiger partial charge in [-0.1, -0.05) is 46.2 Å². The second-order valence-corrected chi connectivity index (χ2v) is 5.79. The number of nitrogens with one attached hydrogen (secondary N) is 1. The minimum Gasteiger partial charge on any atom is -0.398 e. The fraction of sp³-hybridized carbons (Fsp3) is 0.250. The van der Waals surface area contributed by atoms with Crippen LogP contribution in [0.4, 0.5) is 4.39 Å². The van der Waals surface area contributed by atoms with Gasteiger partial charge in [0.15, 0.2) is 5.71 Å². The van der Waals surface area contributed by atoms with E-state index in [1.54, 1.807) is 37.3 Å². The van der Waals surface area contributed by atoms with Crippen molar-refractivity contribution in [2.45, 2.75) is 20.5 Å². The Morgan fingerprint density at radius 1 is 1.15 bits per heavy atom. The van der Waals surface area contributed by atoms with Crippen LogP contribution in [0.1, 0.15) is 29.2 Å². The summed E-state index contributed by atoms with van der Waals surface area (Å²) in [6.07, 6.45) is 0. The standard InChI is InChI=1S/C20H22FN3O3/c1-13-9-10-18(21)17(11-13)14(2)23-27-12-15-7-5-6-8-16(15)19(24-26-4)20(25)22-3/h5-11H,12H2,1-4H3,(H,22,25)/b23-14+,24-19+. The van der Waals surface area contributed by atoms with Crippen molar-refractivity contribution in [2.75, 3.05) is 14.2 Å². The van der Waals surface area contributed by atoms with Crippen LogP contribution in [0.2, 0.25) is 0 Å². The lowest BCUT2D eigenvalue weighted by Crippen LogP contribution is -2.29. The van der Waals surface area contributed by atoms with Gasteiger partial charge in [-0.3, -0.25) is 4.79 Å². The van der Waals surface area contributed by atoms with E-state index in [2.05, 4.69) is 15.6 Å². The van der Waals surface area contributed by atoms with Gasteiger partial charge < -0.3 is 15.0 Å². The van der Waals surface area contributed by atoms with Gasteiger partial charge in [-0.25, -0.2) is 4.39 Å². The number of benzene rings is 2. The molecule has 0 aliphatic heterocycles. The quantitative estimate of drug-likeness (QED) is 0.600. The fourth-order valence-corrected chi connectivity index (χ4v) is 2.46. The number of carbonyl (C=O) groups is 1. The summed E-state index contributed by atoms with van der Waals surface area (Å²) in [7, 11) is 2.88. The van der Waals surface area contributed by atoms with E-state index in [-0.39, 0.29) is 24.0 Å². The Labute approximate surface area is 157 Å². The lowest BCUT2D eigenvalue weighted by molar-refractivity contribution is -0.114. The van der Waals surface area contributed by atoms with Gasteiger partial charge >= 0.3 is 0 Å². The number of amides is 1. The molecule has 142 valence electrons. The highest BCUT2D eigenvalue weighted by atomic mass is 19.1. The zero-order chi connectivity index (χ0) is 19.8. The molecule has 6 nitrogen and oxygen atoms in total. The topological polar surface area (TPSA) is 72.3 Å². The van der Waals surface area contributed by atoms with Gasteiger partial charge in [-0.05, 0) is 26.0 Å². The molecular formula is C20H22FN3O3. The molecule has 7 heteroatoms. The smallest absolute Gasteiger partial charge is 0.273 e. The van der Waals surface area contributed by atoms with Crippen LogP contribution in [0.25, 0.3) is 0 Å². The van der Waals surface area contributed by atoms with Gasteiger partial charge in [0, 0.05) is 23.7 Å². The molecule has 1 N–H and O–H groups in total. The first kappa shape index (κ1) is 20.1. The van der Waals surface area contributed by atoms with Gasteiger partial charge in [0.1, 0.15) is 19.5 Å². The van der Waals surface area contributed by atoms with E-state index in [0.29, 0.717) is 22.4 Å². The van der Waals surface area contributed by atoms with Gasteiger partial charge in [-0.2, -0.15) is 0 Å². The number of hydrogen-bond acceptors (Lipinski definition) is 5. The Balaban J connectivity index is 2.23. The van der Waals surface area contributed by atoms with Crippen LogP contribution in [0.3, 0.4) is 0 Å². The Bertz CT molecular complexity index is 879. The molecule has 0 aromatic heterocycles. The number of rotatable bonds is 7. The molecule has 0 atom stereocenters. The average Bonchev–Trinajstić information content (AvgIpc) is 2.67. The monoisotopic (exact) mass is 371 g/mol. The summed E-state index contributed by atoms with van der Waals surface area (Å²) in [6.45, 7) is 3.63. The van der Waals surface area contributed by atoms with Crippen molar-refractivity contribution in [2.24, 2.45) is 10.3 Å². The number of carbonyl (C=O) groups excluding carboxylic acids is 1. The molecule has 0 radical (unpaired) electrons. The van der Waals surface area contributed by atoms with Gasteiger partial charge in [0.25, 0.3) is 5.91 Å². The van der Waals surface area contributed by atoms with Crippen LogP contribution in [0, 0.1) is 12.7 Å². The summed E-state index contributed by atoms with van der Waals surface area (Å²) in [5, 5.41) is 10.3. The fourth-order valence-electron chi connectivity index (χ4n) is 2.46. The molecule has 0 saturated carbocycles. The van der Waals surface area contributed by atoms with E-state index in [1.807, 2.05) is 13.0 Å². The maximum atomic E-state index is 13.9. The highest BCUT2D eigenvalue weighted by Crippen LogP contribution is 2.14. The van der Waals surface area contributed by atoms with Crippen LogP contribution in [0.15, 0.2) is 52.8 Å². The van der Waals surface area contributed by atoms with Crippen molar-refractivity contribution in [3.8, 4) is 0 Å². The minimum absolute atomic E-state index is 0.0840. The molecule has 0 saturated heterocycles. The first-order chi connectivity index (χ1) is 13.0. The van der Waals surface area contributed by atoms with Crippen molar-refractivity contribution in [1.29, 1.82) is 0 Å². The Kier molecular flexibility index (Phi) is 7.05. The molecule has 0 aliphatic carbocycles. The molecule has 2 aromatic rings. The van der Waals surface area contributed by atoms with E-state index in [9.17, 15) is 9.18 Å². The third-order valence-electron chi connectivity index (χ3n) is 3.83. The van der Waals surface area contributed by atoms with Crippen molar-refractivity contribution >= 4 is 17.3 Å². The summed E-state index contributed by atoms with van der Waals surface area (Å²) < 4.78 is 13.9. The van der Waals surface area contributed by atoms with Gasteiger partial charge in [0.05, 0.1) is 5.71 Å². The average molecular weight is 371 g/mol. The molecule has 0 spiro atoms. The summed E-state index contributed by atoms with van der Waals surface area (Å²) in [5.74, 6) is -0.745. The lowest BCUT2D eigenvalue weighted by atomic mass is 10.0. The third-order valence-corrected chi connectivity index (χ3v) is 3.83. The van der Waals surface area contributed by atoms with Crippen molar-refractivity contribution < 1.29 is 18.9 Å². The molecule has 0 aliphatic rings. The summed E-state index contributed by atoms with van der Waals surface area (Å²) in [5.41, 5.74) is 3.12. The molecule has 2 aromatic carbocycles. The molecule has 0 fully saturated rings. The summed E-state index contributed by atoms with van der Waals surface area (Å²) in [4.78, 5) is 22.2. The predicted octanol–water partition coefficient (Wildman–Crippen LogP) is 3.17. The van der Waals surface area contributed by atoms with Crippen LogP contribution in [0.5, 0.6) is 0 Å². The van der Waals surface area contributed by atoms with Gasteiger partial charge in [-0.15, -0.1) is 0 Å². The molecule has 2 rings (SSSR count). The Hall–Kier alpha value is -3.22. The SMILES string of the molecule is CNC(=O)/C(=N/OC)c1ccccc1CO/N=C(\C)c1cc(C)ccc1F. The molecule has 1 amide bonds. The van der Waals surface area contributed by atoms with E-state index in [0.717, 1.165) is 5.56 Å². The number of nitrogens with zero attached hydrogens (tertiary/aromatic N) is 2. The van der Waals surface area contributed by atoms with E-state index < -0.39 is 0 Å². The van der Waals surface area contributed by atoms with Crippen LogP contribution in [-0.4, -0.2) is 31.5 Å². The highest BCUT2D eigenvalue weighted by Gasteiger charge is 2.17. The van der Waals surface area contributed by atoms with E-state index in [4.69, 9.17) is 9.68 Å². The van der Waals surface area contributed by atoms with Crippen LogP contribution in [-0.2, 0) is 21.1 Å². The molecular weight excluding hydrogens is 349 g/mol. The zero-order valence-corrected chi connectivity index (χ0v) is 15.7. The first-order valence-electron chi connectivity index (χ1n) is 8.32. The second kappa shape index (κ2) is 9.47. The highest BCUT2D eigenvalue weighted by molar-refractivity contribution is 6.45. The van der Waals surface area contributed by atoms with E-state index >= 15 is 0 Å². The minimum atomic E-state index is -0.384. The first-order valence-corrected chi connectivity index (χ1v) is 8.32. The predicted molar refractivity (Wildman–Crippen MR) is 102 cm³/mol. The Morgan fingerprint density at radius 2 is 1.89 bits per heavy atom. The maximum absolute atomic E-state index is 13.9. The maximum Gasteiger partial charge on any atom is 0.273 e. The Morgan fingerprint density at radius 3 is 2.59 bits per heavy atom. The van der Waals surface area contributed by atoms with Gasteiger partial charge in [0.2, 0.25) is 0 Å². The number of oxime groups is 2. The number of aryl methyl sites for hydroxylation is 1. The zero-order valence-electron chi connectivity index (χ0n) is 15.7. The number of halogens is 1. The summed E-state index contributed by atoms with van der Waals surface area (Å²) in [6, 6.07) is 11.9. The number of likely N-dealkylation sites (N-methyl/N-ethyl adjacent to an activating group) is 1. The molecule has 27 heavy (non-hydrogen) atoms. The molecule has 0 heterocycles. The van der Waals surface area contributed by atoms with Crippen molar-refractivity contribution in [3.63, 3.8) is 0 Å². The van der Waals surface area contributed by atoms with Crippen molar-refractivity contribution in [1.82, 2.24) is 5.32 Å². The van der Waals surface area contributed by atoms with Crippen LogP contribution < -0.4 is 5.32 Å². The lowest BCUT2D eigenvalue weighted by Gasteiger charge is -2.10. The largest absolute Gasteiger partial charge is 0.398 e. The van der Waals surface area contributed by atoms with E-state index in [1.165, 1.54) is 20.2 Å². The summed E-state index contributed by atoms with van der Waals surface area (Å²) >= 11 is 0. The molecule has 0 bridgehead atoms.